The molecule has 0 heterocycles. The second-order valence-electron chi connectivity index (χ2n) is 5.03. The minimum atomic E-state index is -0.202. The van der Waals surface area contributed by atoms with Crippen LogP contribution < -0.4 is 15.2 Å². The third-order valence-electron chi connectivity index (χ3n) is 3.37. The van der Waals surface area contributed by atoms with Gasteiger partial charge >= 0.3 is 0 Å². The molecule has 0 amide bonds. The van der Waals surface area contributed by atoms with Gasteiger partial charge in [-0.05, 0) is 36.6 Å². The number of hydrogen-bond acceptors (Lipinski definition) is 4. The number of hydrogen-bond donors (Lipinski definition) is 2. The maximum absolute atomic E-state index is 9.00. The van der Waals surface area contributed by atoms with E-state index in [1.807, 2.05) is 55.5 Å². The SMILES string of the molecule is CCOc1cc([C@H](N)CCO)ccc1OCc1ccccc1.Cl. The Morgan fingerprint density at radius 3 is 2.43 bits per heavy atom. The van der Waals surface area contributed by atoms with Gasteiger partial charge in [-0.1, -0.05) is 36.4 Å². The van der Waals surface area contributed by atoms with E-state index in [0.717, 1.165) is 11.1 Å². The zero-order valence-electron chi connectivity index (χ0n) is 13.3. The molecular formula is C18H24ClNO3. The van der Waals surface area contributed by atoms with Crippen molar-refractivity contribution in [3.8, 4) is 11.5 Å². The maximum Gasteiger partial charge on any atom is 0.161 e. The van der Waals surface area contributed by atoms with E-state index in [4.69, 9.17) is 20.3 Å². The fourth-order valence-corrected chi connectivity index (χ4v) is 2.18. The summed E-state index contributed by atoms with van der Waals surface area (Å²) in [5.41, 5.74) is 8.07. The molecule has 0 aliphatic heterocycles. The van der Waals surface area contributed by atoms with Gasteiger partial charge in [0.2, 0.25) is 0 Å². The molecule has 5 heteroatoms. The van der Waals surface area contributed by atoms with Crippen LogP contribution in [0.2, 0.25) is 0 Å². The van der Waals surface area contributed by atoms with Crippen LogP contribution in [0.15, 0.2) is 48.5 Å². The summed E-state index contributed by atoms with van der Waals surface area (Å²) in [5.74, 6) is 1.38. The van der Waals surface area contributed by atoms with Crippen LogP contribution in [0.25, 0.3) is 0 Å². The Balaban J connectivity index is 0.00000264. The van der Waals surface area contributed by atoms with Crippen molar-refractivity contribution in [2.45, 2.75) is 26.0 Å². The average Bonchev–Trinajstić information content (AvgIpc) is 2.55. The second-order valence-corrected chi connectivity index (χ2v) is 5.03. The molecule has 126 valence electrons. The maximum atomic E-state index is 9.00. The summed E-state index contributed by atoms with van der Waals surface area (Å²) in [7, 11) is 0. The van der Waals surface area contributed by atoms with Gasteiger partial charge in [0.25, 0.3) is 0 Å². The Labute approximate surface area is 143 Å². The number of aliphatic hydroxyl groups excluding tert-OH is 1. The van der Waals surface area contributed by atoms with Crippen LogP contribution in [0, 0.1) is 0 Å². The first-order valence-corrected chi connectivity index (χ1v) is 7.54. The molecule has 3 N–H and O–H groups in total. The van der Waals surface area contributed by atoms with Gasteiger partial charge in [0.05, 0.1) is 6.61 Å². The molecule has 0 unspecified atom stereocenters. The van der Waals surface area contributed by atoms with Gasteiger partial charge in [-0.2, -0.15) is 0 Å². The standard InChI is InChI=1S/C18H23NO3.ClH/c1-2-21-18-12-15(16(19)10-11-20)8-9-17(18)22-13-14-6-4-3-5-7-14;/h3-9,12,16,20H,2,10-11,13,19H2,1H3;1H/t16-;/m1./s1. The monoisotopic (exact) mass is 337 g/mol. The van der Waals surface area contributed by atoms with Crippen LogP contribution >= 0.6 is 12.4 Å². The number of aliphatic hydroxyl groups is 1. The smallest absolute Gasteiger partial charge is 0.161 e. The van der Waals surface area contributed by atoms with E-state index in [-0.39, 0.29) is 25.1 Å². The van der Waals surface area contributed by atoms with Gasteiger partial charge in [-0.15, -0.1) is 12.4 Å². The highest BCUT2D eigenvalue weighted by Crippen LogP contribution is 2.31. The lowest BCUT2D eigenvalue weighted by Gasteiger charge is -2.16. The van der Waals surface area contributed by atoms with Crippen molar-refractivity contribution in [2.75, 3.05) is 13.2 Å². The largest absolute Gasteiger partial charge is 0.490 e. The molecule has 0 aliphatic rings. The first-order valence-electron chi connectivity index (χ1n) is 7.54. The molecule has 0 aliphatic carbocycles. The molecule has 2 rings (SSSR count). The summed E-state index contributed by atoms with van der Waals surface area (Å²) in [5, 5.41) is 9.00. The number of benzene rings is 2. The minimum Gasteiger partial charge on any atom is -0.490 e. The zero-order valence-corrected chi connectivity index (χ0v) is 14.1. The first-order chi connectivity index (χ1) is 10.7. The molecule has 2 aromatic carbocycles. The molecule has 0 bridgehead atoms. The van der Waals surface area contributed by atoms with Crippen LogP contribution in [-0.2, 0) is 6.61 Å². The Hall–Kier alpha value is -1.75. The Kier molecular flexibility index (Phi) is 8.48. The van der Waals surface area contributed by atoms with Crippen LogP contribution in [0.4, 0.5) is 0 Å². The third-order valence-corrected chi connectivity index (χ3v) is 3.37. The molecule has 23 heavy (non-hydrogen) atoms. The predicted octanol–water partition coefficient (Wildman–Crippen LogP) is 3.47. The summed E-state index contributed by atoms with van der Waals surface area (Å²) in [6, 6.07) is 15.5. The van der Waals surface area contributed by atoms with E-state index in [0.29, 0.717) is 31.1 Å². The van der Waals surface area contributed by atoms with Gasteiger partial charge in [-0.3, -0.25) is 0 Å². The summed E-state index contributed by atoms with van der Waals surface area (Å²) in [4.78, 5) is 0. The second kappa shape index (κ2) is 10.1. The predicted molar refractivity (Wildman–Crippen MR) is 94.3 cm³/mol. The Morgan fingerprint density at radius 1 is 1.04 bits per heavy atom. The molecule has 0 fully saturated rings. The first kappa shape index (κ1) is 19.3. The normalized spacial score (nSPS) is 11.4. The zero-order chi connectivity index (χ0) is 15.8. The minimum absolute atomic E-state index is 0. The van der Waals surface area contributed by atoms with Crippen LogP contribution in [0.5, 0.6) is 11.5 Å². The van der Waals surface area contributed by atoms with Crippen molar-refractivity contribution in [3.63, 3.8) is 0 Å². The number of nitrogens with two attached hydrogens (primary N) is 1. The van der Waals surface area contributed by atoms with E-state index >= 15 is 0 Å². The highest BCUT2D eigenvalue weighted by Gasteiger charge is 2.11. The van der Waals surface area contributed by atoms with Gasteiger partial charge in [0.1, 0.15) is 6.61 Å². The van der Waals surface area contributed by atoms with E-state index in [1.165, 1.54) is 0 Å². The highest BCUT2D eigenvalue weighted by atomic mass is 35.5. The molecule has 0 aromatic heterocycles. The molecule has 4 nitrogen and oxygen atoms in total. The lowest BCUT2D eigenvalue weighted by Crippen LogP contribution is -2.12. The number of halogens is 1. The number of rotatable bonds is 8. The topological polar surface area (TPSA) is 64.7 Å². The van der Waals surface area contributed by atoms with E-state index in [2.05, 4.69) is 0 Å². The fourth-order valence-electron chi connectivity index (χ4n) is 2.18. The number of ether oxygens (including phenoxy) is 2. The molecule has 0 saturated carbocycles. The van der Waals surface area contributed by atoms with Gasteiger partial charge in [0, 0.05) is 12.6 Å². The fraction of sp³-hybridized carbons (Fsp3) is 0.333. The Bertz CT molecular complexity index is 578. The van der Waals surface area contributed by atoms with Crippen LogP contribution in [-0.4, -0.2) is 18.3 Å². The van der Waals surface area contributed by atoms with Gasteiger partial charge in [-0.25, -0.2) is 0 Å². The summed E-state index contributed by atoms with van der Waals surface area (Å²) >= 11 is 0. The summed E-state index contributed by atoms with van der Waals surface area (Å²) < 4.78 is 11.5. The molecular weight excluding hydrogens is 314 g/mol. The lowest BCUT2D eigenvalue weighted by molar-refractivity contribution is 0.267. The van der Waals surface area contributed by atoms with Crippen molar-refractivity contribution in [3.05, 3.63) is 59.7 Å². The van der Waals surface area contributed by atoms with Crippen LogP contribution in [0.3, 0.4) is 0 Å². The van der Waals surface area contributed by atoms with E-state index in [1.54, 1.807) is 0 Å². The van der Waals surface area contributed by atoms with Crippen molar-refractivity contribution in [1.82, 2.24) is 0 Å². The molecule has 1 atom stereocenters. The van der Waals surface area contributed by atoms with Crippen LogP contribution in [0.1, 0.15) is 30.5 Å². The van der Waals surface area contributed by atoms with Crippen molar-refractivity contribution < 1.29 is 14.6 Å². The van der Waals surface area contributed by atoms with E-state index < -0.39 is 0 Å². The van der Waals surface area contributed by atoms with Crippen molar-refractivity contribution in [2.24, 2.45) is 5.73 Å². The summed E-state index contributed by atoms with van der Waals surface area (Å²) in [6.45, 7) is 3.04. The van der Waals surface area contributed by atoms with E-state index in [9.17, 15) is 0 Å². The molecule has 2 aromatic rings. The third kappa shape index (κ3) is 5.75. The summed E-state index contributed by atoms with van der Waals surface area (Å²) in [6.07, 6.45) is 0.524. The van der Waals surface area contributed by atoms with Gasteiger partial charge < -0.3 is 20.3 Å². The molecule has 0 saturated heterocycles. The van der Waals surface area contributed by atoms with Crippen molar-refractivity contribution in [1.29, 1.82) is 0 Å². The van der Waals surface area contributed by atoms with Gasteiger partial charge in [0.15, 0.2) is 11.5 Å². The highest BCUT2D eigenvalue weighted by molar-refractivity contribution is 5.85. The lowest BCUT2D eigenvalue weighted by atomic mass is 10.0. The Morgan fingerprint density at radius 2 is 1.78 bits per heavy atom. The molecule has 0 radical (unpaired) electrons. The quantitative estimate of drug-likeness (QED) is 0.774. The van der Waals surface area contributed by atoms with Crippen molar-refractivity contribution >= 4 is 12.4 Å². The average molecular weight is 338 g/mol. The molecule has 0 spiro atoms.